The third kappa shape index (κ3) is 6.47. The van der Waals surface area contributed by atoms with E-state index in [1.165, 1.54) is 11.1 Å². The molecule has 29 heavy (non-hydrogen) atoms. The normalized spacial score (nSPS) is 11.9. The number of amides is 1. The van der Waals surface area contributed by atoms with Crippen LogP contribution in [0.15, 0.2) is 36.4 Å². The molecule has 0 unspecified atom stereocenters. The zero-order valence-electron chi connectivity index (χ0n) is 18.3. The van der Waals surface area contributed by atoms with Crippen molar-refractivity contribution in [1.82, 2.24) is 10.2 Å². The molecule has 0 saturated heterocycles. The zero-order chi connectivity index (χ0) is 21.8. The van der Waals surface area contributed by atoms with Crippen molar-refractivity contribution in [3.8, 4) is 0 Å². The predicted octanol–water partition coefficient (Wildman–Crippen LogP) is 6.28. The van der Waals surface area contributed by atoms with Gasteiger partial charge in [0.25, 0.3) is 5.91 Å². The first-order chi connectivity index (χ1) is 13.5. The molecule has 0 fully saturated rings. The SMILES string of the molecule is CC(C)c1c(Cl)cccc1CN(C)CCNC(=O)c1ccc(Cl)c(C(C)(C)C)c1. The Labute approximate surface area is 185 Å². The number of halogens is 2. The van der Waals surface area contributed by atoms with Crippen molar-refractivity contribution in [1.29, 1.82) is 0 Å². The largest absolute Gasteiger partial charge is 0.351 e. The molecule has 0 bridgehead atoms. The number of benzene rings is 2. The highest BCUT2D eigenvalue weighted by atomic mass is 35.5. The van der Waals surface area contributed by atoms with E-state index in [2.05, 4.69) is 57.9 Å². The lowest BCUT2D eigenvalue weighted by molar-refractivity contribution is 0.0949. The summed E-state index contributed by atoms with van der Waals surface area (Å²) >= 11 is 12.7. The van der Waals surface area contributed by atoms with Crippen LogP contribution in [0.1, 0.15) is 67.6 Å². The Morgan fingerprint density at radius 1 is 1.10 bits per heavy atom. The van der Waals surface area contributed by atoms with Gasteiger partial charge in [-0.25, -0.2) is 0 Å². The van der Waals surface area contributed by atoms with Crippen LogP contribution in [0.3, 0.4) is 0 Å². The van der Waals surface area contributed by atoms with Crippen LogP contribution in [-0.4, -0.2) is 30.9 Å². The number of carbonyl (C=O) groups excluding carboxylic acids is 1. The van der Waals surface area contributed by atoms with Gasteiger partial charge in [0.1, 0.15) is 0 Å². The van der Waals surface area contributed by atoms with E-state index in [0.29, 0.717) is 23.0 Å². The summed E-state index contributed by atoms with van der Waals surface area (Å²) in [6, 6.07) is 11.5. The van der Waals surface area contributed by atoms with Crippen molar-refractivity contribution in [3.05, 3.63) is 68.7 Å². The molecule has 2 rings (SSSR count). The van der Waals surface area contributed by atoms with Crippen LogP contribution < -0.4 is 5.32 Å². The summed E-state index contributed by atoms with van der Waals surface area (Å²) in [6.07, 6.45) is 0. The molecule has 0 heterocycles. The van der Waals surface area contributed by atoms with Crippen molar-refractivity contribution >= 4 is 29.1 Å². The Hall–Kier alpha value is -1.55. The van der Waals surface area contributed by atoms with E-state index in [1.54, 1.807) is 12.1 Å². The molecule has 0 aliphatic rings. The molecular weight excluding hydrogens is 403 g/mol. The van der Waals surface area contributed by atoms with Gasteiger partial charge in [-0.05, 0) is 59.3 Å². The number of nitrogens with one attached hydrogen (secondary N) is 1. The average Bonchev–Trinajstić information content (AvgIpc) is 2.60. The van der Waals surface area contributed by atoms with Crippen molar-refractivity contribution in [3.63, 3.8) is 0 Å². The molecule has 5 heteroatoms. The maximum Gasteiger partial charge on any atom is 0.251 e. The first kappa shape index (κ1) is 23.7. The maximum atomic E-state index is 12.6. The molecule has 2 aromatic carbocycles. The molecule has 3 nitrogen and oxygen atoms in total. The number of nitrogens with zero attached hydrogens (tertiary/aromatic N) is 1. The number of hydrogen-bond donors (Lipinski definition) is 1. The smallest absolute Gasteiger partial charge is 0.251 e. The van der Waals surface area contributed by atoms with Crippen LogP contribution in [0.5, 0.6) is 0 Å². The van der Waals surface area contributed by atoms with E-state index in [9.17, 15) is 4.79 Å². The van der Waals surface area contributed by atoms with Gasteiger partial charge in [0.15, 0.2) is 0 Å². The van der Waals surface area contributed by atoms with E-state index < -0.39 is 0 Å². The monoisotopic (exact) mass is 434 g/mol. The molecular formula is C24H32Cl2N2O. The number of hydrogen-bond acceptors (Lipinski definition) is 2. The third-order valence-corrected chi connectivity index (χ3v) is 5.64. The summed E-state index contributed by atoms with van der Waals surface area (Å²) in [6.45, 7) is 12.7. The van der Waals surface area contributed by atoms with Gasteiger partial charge < -0.3 is 10.2 Å². The van der Waals surface area contributed by atoms with Gasteiger partial charge in [0.2, 0.25) is 0 Å². The molecule has 0 spiro atoms. The summed E-state index contributed by atoms with van der Waals surface area (Å²) in [5.41, 5.74) is 3.93. The average molecular weight is 435 g/mol. The van der Waals surface area contributed by atoms with Crippen LogP contribution in [0.25, 0.3) is 0 Å². The first-order valence-electron chi connectivity index (χ1n) is 10.0. The quantitative estimate of drug-likeness (QED) is 0.556. The number of carbonyl (C=O) groups is 1. The van der Waals surface area contributed by atoms with Crippen molar-refractivity contribution < 1.29 is 4.79 Å². The highest BCUT2D eigenvalue weighted by Gasteiger charge is 2.19. The van der Waals surface area contributed by atoms with Crippen LogP contribution in [0.4, 0.5) is 0 Å². The first-order valence-corrected chi connectivity index (χ1v) is 10.8. The van der Waals surface area contributed by atoms with E-state index in [1.807, 2.05) is 18.2 Å². The Morgan fingerprint density at radius 3 is 2.41 bits per heavy atom. The Bertz CT molecular complexity index is 856. The highest BCUT2D eigenvalue weighted by molar-refractivity contribution is 6.31. The van der Waals surface area contributed by atoms with E-state index in [-0.39, 0.29) is 11.3 Å². The Morgan fingerprint density at radius 2 is 1.79 bits per heavy atom. The fourth-order valence-corrected chi connectivity index (χ4v) is 4.25. The van der Waals surface area contributed by atoms with Gasteiger partial charge in [0.05, 0.1) is 0 Å². The van der Waals surface area contributed by atoms with Crippen LogP contribution in [0.2, 0.25) is 10.0 Å². The zero-order valence-corrected chi connectivity index (χ0v) is 19.8. The van der Waals surface area contributed by atoms with Crippen molar-refractivity contribution in [2.24, 2.45) is 0 Å². The topological polar surface area (TPSA) is 32.3 Å². The summed E-state index contributed by atoms with van der Waals surface area (Å²) in [5.74, 6) is 0.292. The molecule has 0 saturated carbocycles. The minimum Gasteiger partial charge on any atom is -0.351 e. The maximum absolute atomic E-state index is 12.6. The Balaban J connectivity index is 1.95. The van der Waals surface area contributed by atoms with Crippen LogP contribution in [-0.2, 0) is 12.0 Å². The molecule has 0 atom stereocenters. The van der Waals surface area contributed by atoms with Gasteiger partial charge in [-0.2, -0.15) is 0 Å². The molecule has 0 radical (unpaired) electrons. The van der Waals surface area contributed by atoms with Gasteiger partial charge in [-0.15, -0.1) is 0 Å². The van der Waals surface area contributed by atoms with Gasteiger partial charge in [-0.1, -0.05) is 70.0 Å². The minimum atomic E-state index is -0.112. The second-order valence-electron chi connectivity index (χ2n) is 8.91. The van der Waals surface area contributed by atoms with Gasteiger partial charge >= 0.3 is 0 Å². The molecule has 0 aliphatic heterocycles. The molecule has 0 aromatic heterocycles. The minimum absolute atomic E-state index is 0.0776. The third-order valence-electron chi connectivity index (χ3n) is 4.98. The molecule has 2 aromatic rings. The van der Waals surface area contributed by atoms with E-state index in [4.69, 9.17) is 23.2 Å². The fraction of sp³-hybridized carbons (Fsp3) is 0.458. The van der Waals surface area contributed by atoms with Gasteiger partial charge in [0, 0.05) is 35.2 Å². The standard InChI is InChI=1S/C24H32Cl2N2O/c1-16(2)22-18(8-7-9-21(22)26)15-28(6)13-12-27-23(29)17-10-11-20(25)19(14-17)24(3,4)5/h7-11,14,16H,12-13,15H2,1-6H3,(H,27,29). The lowest BCUT2D eigenvalue weighted by atomic mass is 9.86. The van der Waals surface area contributed by atoms with Gasteiger partial charge in [-0.3, -0.25) is 4.79 Å². The van der Waals surface area contributed by atoms with Crippen LogP contribution >= 0.6 is 23.2 Å². The summed E-state index contributed by atoms with van der Waals surface area (Å²) in [4.78, 5) is 14.8. The molecule has 1 amide bonds. The molecule has 158 valence electrons. The lowest BCUT2D eigenvalue weighted by Crippen LogP contribution is -2.33. The number of likely N-dealkylation sites (N-methyl/N-ethyl adjacent to an activating group) is 1. The van der Waals surface area contributed by atoms with Crippen molar-refractivity contribution in [2.75, 3.05) is 20.1 Å². The number of rotatable bonds is 7. The Kier molecular flexibility index (Phi) is 8.16. The second-order valence-corrected chi connectivity index (χ2v) is 9.72. The van der Waals surface area contributed by atoms with E-state index in [0.717, 1.165) is 23.7 Å². The second kappa shape index (κ2) is 9.97. The fourth-order valence-electron chi connectivity index (χ4n) is 3.44. The van der Waals surface area contributed by atoms with Crippen molar-refractivity contribution in [2.45, 2.75) is 52.5 Å². The summed E-state index contributed by atoms with van der Waals surface area (Å²) in [5, 5.41) is 4.52. The molecule has 1 N–H and O–H groups in total. The predicted molar refractivity (Wildman–Crippen MR) is 124 cm³/mol. The van der Waals surface area contributed by atoms with E-state index >= 15 is 0 Å². The van der Waals surface area contributed by atoms with Crippen LogP contribution in [0, 0.1) is 0 Å². The summed E-state index contributed by atoms with van der Waals surface area (Å²) in [7, 11) is 2.05. The lowest BCUT2D eigenvalue weighted by Gasteiger charge is -2.22. The molecule has 0 aliphatic carbocycles. The highest BCUT2D eigenvalue weighted by Crippen LogP contribution is 2.30. The summed E-state index contributed by atoms with van der Waals surface area (Å²) < 4.78 is 0.